The van der Waals surface area contributed by atoms with Crippen molar-refractivity contribution < 1.29 is 16.8 Å². The number of H-pyrrole nitrogens is 1. The topological polar surface area (TPSA) is 139 Å². The lowest BCUT2D eigenvalue weighted by molar-refractivity contribution is 0.598. The molecule has 0 aliphatic carbocycles. The van der Waals surface area contributed by atoms with E-state index in [1.807, 2.05) is 4.72 Å². The second kappa shape index (κ2) is 5.31. The second-order valence-corrected chi connectivity index (χ2v) is 7.20. The number of benzene rings is 1. The van der Waals surface area contributed by atoms with E-state index in [9.17, 15) is 21.6 Å². The third kappa shape index (κ3) is 3.29. The molecule has 0 atom stereocenters. The monoisotopic (exact) mass is 329 g/mol. The molecule has 0 unspecified atom stereocenters. The molecule has 0 saturated carbocycles. The smallest absolute Gasteiger partial charge is 0.267 e. The van der Waals surface area contributed by atoms with Crippen molar-refractivity contribution >= 4 is 25.7 Å². The molecule has 0 fully saturated rings. The maximum atomic E-state index is 12.1. The molecule has 0 aliphatic heterocycles. The molecule has 21 heavy (non-hydrogen) atoms. The Bertz CT molecular complexity index is 932. The lowest BCUT2D eigenvalue weighted by atomic mass is 10.3. The third-order valence-corrected chi connectivity index (χ3v) is 4.87. The second-order valence-electron chi connectivity index (χ2n) is 4.02. The van der Waals surface area contributed by atoms with Gasteiger partial charge in [-0.1, -0.05) is 12.1 Å². The Labute approximate surface area is 120 Å². The van der Waals surface area contributed by atoms with Crippen molar-refractivity contribution in [3.05, 3.63) is 52.9 Å². The maximum Gasteiger partial charge on any atom is 0.267 e. The first-order chi connectivity index (χ1) is 9.72. The summed E-state index contributed by atoms with van der Waals surface area (Å²) in [6.07, 6.45) is 2.28. The summed E-state index contributed by atoms with van der Waals surface area (Å²) < 4.78 is 49.1. The Morgan fingerprint density at radius 2 is 1.67 bits per heavy atom. The number of primary sulfonamides is 1. The SMILES string of the molecule is NS(=O)(=O)c1ccccc1NS(=O)(=O)c1c[nH]ccc1=O. The number of aromatic amines is 1. The van der Waals surface area contributed by atoms with Crippen LogP contribution in [0.3, 0.4) is 0 Å². The predicted octanol–water partition coefficient (Wildman–Crippen LogP) is -0.177. The van der Waals surface area contributed by atoms with E-state index in [2.05, 4.69) is 4.98 Å². The van der Waals surface area contributed by atoms with Crippen LogP contribution in [0.25, 0.3) is 0 Å². The van der Waals surface area contributed by atoms with E-state index >= 15 is 0 Å². The number of sulfonamides is 2. The van der Waals surface area contributed by atoms with Crippen molar-refractivity contribution in [2.24, 2.45) is 5.14 Å². The molecule has 0 spiro atoms. The number of anilines is 1. The van der Waals surface area contributed by atoms with Crippen LogP contribution < -0.4 is 15.3 Å². The molecule has 0 amide bonds. The van der Waals surface area contributed by atoms with Crippen molar-refractivity contribution in [3.8, 4) is 0 Å². The minimum Gasteiger partial charge on any atom is -0.366 e. The van der Waals surface area contributed by atoms with Gasteiger partial charge in [0.05, 0.1) is 5.69 Å². The van der Waals surface area contributed by atoms with Gasteiger partial charge in [-0.15, -0.1) is 0 Å². The molecule has 10 heteroatoms. The van der Waals surface area contributed by atoms with Gasteiger partial charge in [0.2, 0.25) is 15.5 Å². The third-order valence-electron chi connectivity index (χ3n) is 2.52. The predicted molar refractivity (Wildman–Crippen MR) is 75.7 cm³/mol. The lowest BCUT2D eigenvalue weighted by Crippen LogP contribution is -2.23. The summed E-state index contributed by atoms with van der Waals surface area (Å²) in [5, 5.41) is 5.01. The Kier molecular flexibility index (Phi) is 3.85. The van der Waals surface area contributed by atoms with Gasteiger partial charge in [0.25, 0.3) is 10.0 Å². The summed E-state index contributed by atoms with van der Waals surface area (Å²) in [4.78, 5) is 13.1. The average Bonchev–Trinajstić information content (AvgIpc) is 2.38. The first-order valence-electron chi connectivity index (χ1n) is 5.53. The quantitative estimate of drug-likeness (QED) is 0.714. The van der Waals surface area contributed by atoms with Gasteiger partial charge >= 0.3 is 0 Å². The normalized spacial score (nSPS) is 12.0. The van der Waals surface area contributed by atoms with Gasteiger partial charge in [-0.05, 0) is 12.1 Å². The Morgan fingerprint density at radius 1 is 1.00 bits per heavy atom. The highest BCUT2D eigenvalue weighted by Gasteiger charge is 2.21. The number of rotatable bonds is 4. The summed E-state index contributed by atoms with van der Waals surface area (Å²) in [7, 11) is -8.35. The van der Waals surface area contributed by atoms with Crippen molar-refractivity contribution in [1.29, 1.82) is 0 Å². The molecule has 2 aromatic rings. The molecule has 0 aliphatic rings. The minimum atomic E-state index is -4.24. The molecular weight excluding hydrogens is 318 g/mol. The summed E-state index contributed by atoms with van der Waals surface area (Å²) in [6, 6.07) is 6.26. The summed E-state index contributed by atoms with van der Waals surface area (Å²) >= 11 is 0. The Morgan fingerprint density at radius 3 is 2.29 bits per heavy atom. The summed E-state index contributed by atoms with van der Waals surface area (Å²) in [5.74, 6) is 0. The standard InChI is InChI=1S/C11H11N3O5S2/c12-20(16,17)10-4-2-1-3-8(10)14-21(18,19)11-7-13-6-5-9(11)15/h1-7,14H,(H,13,15)(H2,12,16,17). The highest BCUT2D eigenvalue weighted by Crippen LogP contribution is 2.21. The number of hydrogen-bond donors (Lipinski definition) is 3. The number of nitrogens with one attached hydrogen (secondary N) is 2. The van der Waals surface area contributed by atoms with Crippen LogP contribution in [-0.4, -0.2) is 21.8 Å². The van der Waals surface area contributed by atoms with Crippen LogP contribution in [0.1, 0.15) is 0 Å². The Hall–Kier alpha value is -2.17. The van der Waals surface area contributed by atoms with Gasteiger partial charge in [0, 0.05) is 18.5 Å². The zero-order valence-corrected chi connectivity index (χ0v) is 12.1. The largest absolute Gasteiger partial charge is 0.366 e. The van der Waals surface area contributed by atoms with E-state index in [-0.39, 0.29) is 10.6 Å². The number of para-hydroxylation sites is 1. The van der Waals surface area contributed by atoms with E-state index in [4.69, 9.17) is 5.14 Å². The van der Waals surface area contributed by atoms with Crippen LogP contribution in [0.4, 0.5) is 5.69 Å². The highest BCUT2D eigenvalue weighted by molar-refractivity contribution is 7.93. The van der Waals surface area contributed by atoms with E-state index in [0.29, 0.717) is 0 Å². The summed E-state index contributed by atoms with van der Waals surface area (Å²) in [5.41, 5.74) is -0.961. The fourth-order valence-corrected chi connectivity index (χ4v) is 3.50. The van der Waals surface area contributed by atoms with Crippen LogP contribution in [0, 0.1) is 0 Å². The van der Waals surface area contributed by atoms with Gasteiger partial charge in [0.15, 0.2) is 4.90 Å². The number of pyridine rings is 1. The van der Waals surface area contributed by atoms with Gasteiger partial charge in [-0.25, -0.2) is 22.0 Å². The molecule has 1 aromatic carbocycles. The molecule has 0 radical (unpaired) electrons. The fourth-order valence-electron chi connectivity index (χ4n) is 1.61. The van der Waals surface area contributed by atoms with Gasteiger partial charge < -0.3 is 4.98 Å². The van der Waals surface area contributed by atoms with Gasteiger partial charge in [-0.3, -0.25) is 9.52 Å². The fraction of sp³-hybridized carbons (Fsp3) is 0. The molecule has 0 bridgehead atoms. The average molecular weight is 329 g/mol. The summed E-state index contributed by atoms with van der Waals surface area (Å²) in [6.45, 7) is 0. The minimum absolute atomic E-state index is 0.233. The zero-order valence-electron chi connectivity index (χ0n) is 10.5. The van der Waals surface area contributed by atoms with Crippen molar-refractivity contribution in [2.45, 2.75) is 9.79 Å². The van der Waals surface area contributed by atoms with E-state index in [1.54, 1.807) is 0 Å². The molecule has 4 N–H and O–H groups in total. The van der Waals surface area contributed by atoms with Crippen molar-refractivity contribution in [2.75, 3.05) is 4.72 Å². The van der Waals surface area contributed by atoms with E-state index in [1.165, 1.54) is 24.4 Å². The number of hydrogen-bond acceptors (Lipinski definition) is 5. The van der Waals surface area contributed by atoms with Gasteiger partial charge in [-0.2, -0.15) is 0 Å². The molecule has 8 nitrogen and oxygen atoms in total. The highest BCUT2D eigenvalue weighted by atomic mass is 32.2. The molecule has 1 aromatic heterocycles. The Balaban J connectivity index is 2.54. The number of nitrogens with two attached hydrogens (primary N) is 1. The first-order valence-corrected chi connectivity index (χ1v) is 8.56. The lowest BCUT2D eigenvalue weighted by Gasteiger charge is -2.10. The van der Waals surface area contributed by atoms with Crippen LogP contribution >= 0.6 is 0 Å². The van der Waals surface area contributed by atoms with Crippen LogP contribution in [0.5, 0.6) is 0 Å². The number of aromatic nitrogens is 1. The van der Waals surface area contributed by atoms with Crippen molar-refractivity contribution in [1.82, 2.24) is 4.98 Å². The molecule has 1 heterocycles. The maximum absolute atomic E-state index is 12.1. The van der Waals surface area contributed by atoms with Gasteiger partial charge in [0.1, 0.15) is 4.90 Å². The van der Waals surface area contributed by atoms with Crippen molar-refractivity contribution in [3.63, 3.8) is 0 Å². The van der Waals surface area contributed by atoms with E-state index in [0.717, 1.165) is 18.3 Å². The molecule has 2 rings (SSSR count). The first kappa shape index (κ1) is 15.2. The van der Waals surface area contributed by atoms with Crippen LogP contribution in [-0.2, 0) is 20.0 Å². The molecule has 112 valence electrons. The molecule has 0 saturated heterocycles. The molecular formula is C11H11N3O5S2. The van der Waals surface area contributed by atoms with Crippen LogP contribution in [0.15, 0.2) is 57.3 Å². The van der Waals surface area contributed by atoms with E-state index < -0.39 is 30.4 Å². The van der Waals surface area contributed by atoms with Crippen LogP contribution in [0.2, 0.25) is 0 Å². The zero-order chi connectivity index (χ0) is 15.7.